The van der Waals surface area contributed by atoms with Crippen LogP contribution >= 0.6 is 0 Å². The molecule has 1 aliphatic rings. The Balaban J connectivity index is 1.69. The lowest BCUT2D eigenvalue weighted by Gasteiger charge is -2.09. The van der Waals surface area contributed by atoms with Crippen molar-refractivity contribution in [3.8, 4) is 0 Å². The van der Waals surface area contributed by atoms with Gasteiger partial charge in [0.05, 0.1) is 18.8 Å². The van der Waals surface area contributed by atoms with E-state index in [1.54, 1.807) is 9.25 Å². The molecule has 7 heteroatoms. The predicted octanol–water partition coefficient (Wildman–Crippen LogP) is 0.656. The van der Waals surface area contributed by atoms with Crippen LogP contribution < -0.4 is 5.69 Å². The maximum Gasteiger partial charge on any atom is 0.348 e. The van der Waals surface area contributed by atoms with Crippen molar-refractivity contribution in [3.05, 3.63) is 39.8 Å². The number of rotatable bonds is 4. The molecule has 7 nitrogen and oxygen atoms in total. The van der Waals surface area contributed by atoms with Gasteiger partial charge in [0.15, 0.2) is 0 Å². The zero-order valence-corrected chi connectivity index (χ0v) is 12.3. The molecule has 0 N–H and O–H groups in total. The van der Waals surface area contributed by atoms with E-state index < -0.39 is 0 Å². The first-order chi connectivity index (χ1) is 10.1. The molecule has 0 radical (unpaired) electrons. The standard InChI is InChI=1S/C14H19N5O2/c1-10-7-11(2)19(14(20)15-10)5-4-18-8-13(16-17-18)12-3-6-21-9-12/h7-8,12H,3-6,9H2,1-2H3/t12-/m1/s1. The van der Waals surface area contributed by atoms with Crippen molar-refractivity contribution < 1.29 is 4.74 Å². The van der Waals surface area contributed by atoms with E-state index >= 15 is 0 Å². The normalized spacial score (nSPS) is 18.3. The molecule has 0 aliphatic carbocycles. The molecule has 2 aromatic rings. The average molecular weight is 289 g/mol. The van der Waals surface area contributed by atoms with Crippen LogP contribution in [0.4, 0.5) is 0 Å². The Morgan fingerprint density at radius 2 is 2.24 bits per heavy atom. The first kappa shape index (κ1) is 13.9. The van der Waals surface area contributed by atoms with Gasteiger partial charge in [-0.1, -0.05) is 5.21 Å². The lowest BCUT2D eigenvalue weighted by Crippen LogP contribution is -2.27. The van der Waals surface area contributed by atoms with E-state index in [2.05, 4.69) is 15.3 Å². The number of aryl methyl sites for hydroxylation is 3. The third-order valence-electron chi connectivity index (χ3n) is 3.80. The fourth-order valence-corrected chi connectivity index (χ4v) is 2.63. The summed E-state index contributed by atoms with van der Waals surface area (Å²) >= 11 is 0. The maximum absolute atomic E-state index is 11.9. The van der Waals surface area contributed by atoms with Gasteiger partial charge in [-0.15, -0.1) is 5.10 Å². The zero-order chi connectivity index (χ0) is 14.8. The minimum absolute atomic E-state index is 0.211. The van der Waals surface area contributed by atoms with E-state index in [4.69, 9.17) is 4.74 Å². The summed E-state index contributed by atoms with van der Waals surface area (Å²) in [5.74, 6) is 0.351. The second-order valence-corrected chi connectivity index (χ2v) is 5.44. The largest absolute Gasteiger partial charge is 0.381 e. The van der Waals surface area contributed by atoms with Crippen molar-refractivity contribution in [1.29, 1.82) is 0 Å². The van der Waals surface area contributed by atoms with Crippen LogP contribution in [0.1, 0.15) is 29.4 Å². The fraction of sp³-hybridized carbons (Fsp3) is 0.571. The molecule has 0 amide bonds. The van der Waals surface area contributed by atoms with Gasteiger partial charge in [-0.2, -0.15) is 4.98 Å². The summed E-state index contributed by atoms with van der Waals surface area (Å²) in [5.41, 5.74) is 2.42. The van der Waals surface area contributed by atoms with E-state index in [1.807, 2.05) is 26.1 Å². The first-order valence-electron chi connectivity index (χ1n) is 7.16. The molecule has 3 heterocycles. The molecule has 0 aromatic carbocycles. The summed E-state index contributed by atoms with van der Waals surface area (Å²) in [4.78, 5) is 15.8. The van der Waals surface area contributed by atoms with Crippen LogP contribution in [-0.4, -0.2) is 37.8 Å². The fourth-order valence-electron chi connectivity index (χ4n) is 2.63. The van der Waals surface area contributed by atoms with Gasteiger partial charge in [-0.25, -0.2) is 4.79 Å². The SMILES string of the molecule is Cc1cc(C)n(CCn2cc([C@@H]3CCOC3)nn2)c(=O)n1. The van der Waals surface area contributed by atoms with Crippen LogP contribution in [0.25, 0.3) is 0 Å². The zero-order valence-electron chi connectivity index (χ0n) is 12.3. The van der Waals surface area contributed by atoms with Crippen molar-refractivity contribution >= 4 is 0 Å². The molecule has 1 atom stereocenters. The number of nitrogens with zero attached hydrogens (tertiary/aromatic N) is 5. The highest BCUT2D eigenvalue weighted by molar-refractivity contribution is 5.06. The molecule has 21 heavy (non-hydrogen) atoms. The Labute approximate surface area is 122 Å². The minimum atomic E-state index is -0.211. The second kappa shape index (κ2) is 5.77. The average Bonchev–Trinajstić information content (AvgIpc) is 3.08. The molecular weight excluding hydrogens is 270 g/mol. The van der Waals surface area contributed by atoms with Crippen LogP contribution in [0, 0.1) is 13.8 Å². The van der Waals surface area contributed by atoms with Gasteiger partial charge >= 0.3 is 5.69 Å². The van der Waals surface area contributed by atoms with Gasteiger partial charge in [0.25, 0.3) is 0 Å². The topological polar surface area (TPSA) is 74.8 Å². The molecule has 0 saturated carbocycles. The second-order valence-electron chi connectivity index (χ2n) is 5.44. The Morgan fingerprint density at radius 3 is 2.95 bits per heavy atom. The summed E-state index contributed by atoms with van der Waals surface area (Å²) in [6, 6.07) is 1.91. The molecule has 112 valence electrons. The highest BCUT2D eigenvalue weighted by Crippen LogP contribution is 2.22. The first-order valence-corrected chi connectivity index (χ1v) is 7.16. The molecule has 0 bridgehead atoms. The molecule has 1 aliphatic heterocycles. The summed E-state index contributed by atoms with van der Waals surface area (Å²) in [6.07, 6.45) is 2.94. The van der Waals surface area contributed by atoms with Crippen molar-refractivity contribution in [2.75, 3.05) is 13.2 Å². The molecule has 0 spiro atoms. The summed E-state index contributed by atoms with van der Waals surface area (Å²) in [5, 5.41) is 8.33. The Bertz CT molecular complexity index is 685. The van der Waals surface area contributed by atoms with Gasteiger partial charge < -0.3 is 4.74 Å². The van der Waals surface area contributed by atoms with Crippen molar-refractivity contribution in [2.24, 2.45) is 0 Å². The Hall–Kier alpha value is -2.02. The van der Waals surface area contributed by atoms with Crippen molar-refractivity contribution in [3.63, 3.8) is 0 Å². The summed E-state index contributed by atoms with van der Waals surface area (Å²) < 4.78 is 8.80. The van der Waals surface area contributed by atoms with Crippen LogP contribution in [-0.2, 0) is 17.8 Å². The molecule has 1 saturated heterocycles. The van der Waals surface area contributed by atoms with Gasteiger partial charge in [-0.05, 0) is 26.3 Å². The third-order valence-corrected chi connectivity index (χ3v) is 3.80. The summed E-state index contributed by atoms with van der Waals surface area (Å²) in [6.45, 7) is 6.40. The lowest BCUT2D eigenvalue weighted by atomic mass is 10.1. The van der Waals surface area contributed by atoms with Crippen LogP contribution in [0.3, 0.4) is 0 Å². The van der Waals surface area contributed by atoms with E-state index in [9.17, 15) is 4.79 Å². The minimum Gasteiger partial charge on any atom is -0.381 e. The van der Waals surface area contributed by atoms with Crippen molar-refractivity contribution in [1.82, 2.24) is 24.5 Å². The van der Waals surface area contributed by atoms with Crippen LogP contribution in [0.2, 0.25) is 0 Å². The van der Waals surface area contributed by atoms with E-state index in [1.165, 1.54) is 0 Å². The highest BCUT2D eigenvalue weighted by atomic mass is 16.5. The maximum atomic E-state index is 11.9. The third kappa shape index (κ3) is 3.02. The quantitative estimate of drug-likeness (QED) is 0.826. The molecule has 2 aromatic heterocycles. The molecule has 3 rings (SSSR count). The number of hydrogen-bond donors (Lipinski definition) is 0. The summed E-state index contributed by atoms with van der Waals surface area (Å²) in [7, 11) is 0. The smallest absolute Gasteiger partial charge is 0.348 e. The number of aromatic nitrogens is 5. The highest BCUT2D eigenvalue weighted by Gasteiger charge is 2.20. The molecule has 0 unspecified atom stereocenters. The van der Waals surface area contributed by atoms with Crippen LogP contribution in [0.15, 0.2) is 17.1 Å². The van der Waals surface area contributed by atoms with Gasteiger partial charge in [0.2, 0.25) is 0 Å². The van der Waals surface area contributed by atoms with E-state index in [-0.39, 0.29) is 5.69 Å². The van der Waals surface area contributed by atoms with Gasteiger partial charge in [0, 0.05) is 36.7 Å². The van der Waals surface area contributed by atoms with E-state index in [0.29, 0.717) is 19.0 Å². The molecular formula is C14H19N5O2. The number of ether oxygens (including phenoxy) is 1. The number of hydrogen-bond acceptors (Lipinski definition) is 5. The van der Waals surface area contributed by atoms with Crippen LogP contribution in [0.5, 0.6) is 0 Å². The van der Waals surface area contributed by atoms with Gasteiger partial charge in [-0.3, -0.25) is 9.25 Å². The lowest BCUT2D eigenvalue weighted by molar-refractivity contribution is 0.193. The van der Waals surface area contributed by atoms with Gasteiger partial charge in [0.1, 0.15) is 0 Å². The monoisotopic (exact) mass is 289 g/mol. The van der Waals surface area contributed by atoms with E-state index in [0.717, 1.165) is 36.7 Å². The Morgan fingerprint density at radius 1 is 1.38 bits per heavy atom. The van der Waals surface area contributed by atoms with Crippen molar-refractivity contribution in [2.45, 2.75) is 39.3 Å². The molecule has 1 fully saturated rings. The Kier molecular flexibility index (Phi) is 3.83. The predicted molar refractivity (Wildman–Crippen MR) is 76.2 cm³/mol.